The summed E-state index contributed by atoms with van der Waals surface area (Å²) in [5.41, 5.74) is 3.40. The van der Waals surface area contributed by atoms with Crippen molar-refractivity contribution in [3.63, 3.8) is 0 Å². The number of methoxy groups -OCH3 is 2. The number of hydrogen-bond donors (Lipinski definition) is 1. The maximum Gasteiger partial charge on any atom is 0.341 e. The average molecular weight is 432 g/mol. The predicted molar refractivity (Wildman–Crippen MR) is 107 cm³/mol. The molecule has 5 nitrogen and oxygen atoms in total. The Balaban J connectivity index is 1.87. The van der Waals surface area contributed by atoms with Crippen LogP contribution in [0.5, 0.6) is 11.5 Å². The molecule has 0 aliphatic carbocycles. The van der Waals surface area contributed by atoms with Crippen LogP contribution in [0, 0.1) is 5.92 Å². The number of esters is 1. The van der Waals surface area contributed by atoms with E-state index < -0.39 is 5.97 Å². The van der Waals surface area contributed by atoms with Crippen LogP contribution in [-0.4, -0.2) is 26.8 Å². The molecule has 142 valence electrons. The van der Waals surface area contributed by atoms with Gasteiger partial charge in [-0.2, -0.15) is 0 Å². The maximum atomic E-state index is 12.2. The lowest BCUT2D eigenvalue weighted by Gasteiger charge is -2.48. The molecule has 0 spiro atoms. The highest BCUT2D eigenvalue weighted by Crippen LogP contribution is 2.53. The average Bonchev–Trinajstić information content (AvgIpc) is 2.66. The van der Waals surface area contributed by atoms with Gasteiger partial charge in [-0.3, -0.25) is 0 Å². The van der Waals surface area contributed by atoms with E-state index in [1.165, 1.54) is 7.11 Å². The minimum absolute atomic E-state index is 0.113. The molecule has 0 amide bonds. The van der Waals surface area contributed by atoms with E-state index in [9.17, 15) is 4.79 Å². The zero-order valence-electron chi connectivity index (χ0n) is 15.8. The van der Waals surface area contributed by atoms with Gasteiger partial charge in [-0.15, -0.1) is 0 Å². The van der Waals surface area contributed by atoms with Crippen molar-refractivity contribution >= 4 is 27.6 Å². The molecule has 0 radical (unpaired) electrons. The topological polar surface area (TPSA) is 56.8 Å². The fourth-order valence-electron chi connectivity index (χ4n) is 4.23. The Bertz CT molecular complexity index is 925. The normalized spacial score (nSPS) is 21.7. The van der Waals surface area contributed by atoms with Crippen LogP contribution in [-0.2, 0) is 10.2 Å². The van der Waals surface area contributed by atoms with Crippen LogP contribution in [0.1, 0.15) is 41.4 Å². The number of nitrogens with one attached hydrogen (secondary N) is 1. The molecular weight excluding hydrogens is 410 g/mol. The van der Waals surface area contributed by atoms with Gasteiger partial charge < -0.3 is 19.5 Å². The molecular formula is C21H22BrNO4. The lowest BCUT2D eigenvalue weighted by atomic mass is 9.65. The van der Waals surface area contributed by atoms with E-state index in [1.807, 2.05) is 24.3 Å². The van der Waals surface area contributed by atoms with Crippen LogP contribution in [0.2, 0.25) is 0 Å². The van der Waals surface area contributed by atoms with Crippen LogP contribution in [0.15, 0.2) is 34.8 Å². The van der Waals surface area contributed by atoms with Gasteiger partial charge >= 0.3 is 5.97 Å². The summed E-state index contributed by atoms with van der Waals surface area (Å²) in [5, 5.41) is 3.66. The van der Waals surface area contributed by atoms with Gasteiger partial charge in [0.1, 0.15) is 17.1 Å². The Morgan fingerprint density at radius 1 is 1.26 bits per heavy atom. The Labute approximate surface area is 167 Å². The third-order valence-electron chi connectivity index (χ3n) is 5.80. The van der Waals surface area contributed by atoms with Gasteiger partial charge in [0.15, 0.2) is 0 Å². The number of anilines is 1. The number of hydrogen-bond acceptors (Lipinski definition) is 5. The molecule has 2 atom stereocenters. The molecule has 2 aliphatic rings. The fourth-order valence-corrected chi connectivity index (χ4v) is 4.61. The van der Waals surface area contributed by atoms with Crippen molar-refractivity contribution in [2.75, 3.05) is 26.1 Å². The number of carbonyl (C=O) groups is 1. The summed E-state index contributed by atoms with van der Waals surface area (Å²) in [4.78, 5) is 12.2. The minimum atomic E-state index is -0.401. The van der Waals surface area contributed by atoms with Crippen LogP contribution in [0.4, 0.5) is 5.69 Å². The standard InChI is InChI=1S/C21H22BrNO4/c1-21(2)14-8-13(20(24)26-4)18(25-3)9-16(14)23-19-12-7-11(22)5-6-17(12)27-10-15(19)21/h5-9,15,19,23H,10H2,1-4H3/t15-,19+/m0/s1. The highest BCUT2D eigenvalue weighted by atomic mass is 79.9. The van der Waals surface area contributed by atoms with E-state index in [0.717, 1.165) is 27.0 Å². The van der Waals surface area contributed by atoms with Crippen molar-refractivity contribution in [1.29, 1.82) is 0 Å². The first kappa shape index (κ1) is 18.2. The van der Waals surface area contributed by atoms with Crippen LogP contribution in [0.3, 0.4) is 0 Å². The number of halogens is 1. The predicted octanol–water partition coefficient (Wildman–Crippen LogP) is 4.70. The summed E-state index contributed by atoms with van der Waals surface area (Å²) in [7, 11) is 2.94. The largest absolute Gasteiger partial charge is 0.496 e. The molecule has 4 rings (SSSR count). The Hall–Kier alpha value is -2.21. The molecule has 1 N–H and O–H groups in total. The minimum Gasteiger partial charge on any atom is -0.496 e. The van der Waals surface area contributed by atoms with Crippen LogP contribution < -0.4 is 14.8 Å². The quantitative estimate of drug-likeness (QED) is 0.698. The van der Waals surface area contributed by atoms with E-state index in [-0.39, 0.29) is 17.4 Å². The second kappa shape index (κ2) is 6.44. The molecule has 0 aromatic heterocycles. The van der Waals surface area contributed by atoms with Crippen LogP contribution in [0.25, 0.3) is 0 Å². The van der Waals surface area contributed by atoms with E-state index >= 15 is 0 Å². The third kappa shape index (κ3) is 2.78. The summed E-state index contributed by atoms with van der Waals surface area (Å²) >= 11 is 3.57. The van der Waals surface area contributed by atoms with E-state index in [0.29, 0.717) is 17.9 Å². The van der Waals surface area contributed by atoms with Gasteiger partial charge in [0, 0.05) is 33.1 Å². The zero-order chi connectivity index (χ0) is 19.3. The lowest BCUT2D eigenvalue weighted by molar-refractivity contribution is 0.0596. The van der Waals surface area contributed by atoms with E-state index in [1.54, 1.807) is 7.11 Å². The monoisotopic (exact) mass is 431 g/mol. The molecule has 2 heterocycles. The molecule has 2 aromatic carbocycles. The highest BCUT2D eigenvalue weighted by Gasteiger charge is 2.47. The summed E-state index contributed by atoms with van der Waals surface area (Å²) in [6.07, 6.45) is 0. The Morgan fingerprint density at radius 2 is 2.04 bits per heavy atom. The number of carbonyl (C=O) groups excluding carboxylic acids is 1. The van der Waals surface area contributed by atoms with Gasteiger partial charge in [0.25, 0.3) is 0 Å². The number of ether oxygens (including phenoxy) is 3. The van der Waals surface area contributed by atoms with Crippen molar-refractivity contribution in [2.24, 2.45) is 5.92 Å². The van der Waals surface area contributed by atoms with Crippen molar-refractivity contribution in [1.82, 2.24) is 0 Å². The first-order valence-electron chi connectivity index (χ1n) is 8.86. The Kier molecular flexibility index (Phi) is 4.34. The summed E-state index contributed by atoms with van der Waals surface area (Å²) in [6.45, 7) is 5.01. The van der Waals surface area contributed by atoms with Crippen molar-refractivity contribution in [3.05, 3.63) is 51.5 Å². The molecule has 0 fully saturated rings. The number of benzene rings is 2. The number of rotatable bonds is 2. The third-order valence-corrected chi connectivity index (χ3v) is 6.30. The fraction of sp³-hybridized carbons (Fsp3) is 0.381. The molecule has 0 unspecified atom stereocenters. The Morgan fingerprint density at radius 3 is 2.74 bits per heavy atom. The van der Waals surface area contributed by atoms with Gasteiger partial charge in [0.2, 0.25) is 0 Å². The summed E-state index contributed by atoms with van der Waals surface area (Å²) in [6, 6.07) is 10.0. The van der Waals surface area contributed by atoms with E-state index in [4.69, 9.17) is 14.2 Å². The second-order valence-corrected chi connectivity index (χ2v) is 8.45. The van der Waals surface area contributed by atoms with Gasteiger partial charge in [0.05, 0.1) is 26.9 Å². The molecule has 2 aromatic rings. The first-order valence-corrected chi connectivity index (χ1v) is 9.65. The summed E-state index contributed by atoms with van der Waals surface area (Å²) in [5.74, 6) is 1.22. The maximum absolute atomic E-state index is 12.2. The molecule has 2 aliphatic heterocycles. The van der Waals surface area contributed by atoms with E-state index in [2.05, 4.69) is 41.2 Å². The SMILES string of the molecule is COC(=O)c1cc2c(cc1OC)N[C@@H]1c3cc(Br)ccc3OC[C@@H]1C2(C)C. The van der Waals surface area contributed by atoms with Crippen LogP contribution >= 0.6 is 15.9 Å². The zero-order valence-corrected chi connectivity index (χ0v) is 17.3. The van der Waals surface area contributed by atoms with Crippen molar-refractivity contribution < 1.29 is 19.0 Å². The molecule has 27 heavy (non-hydrogen) atoms. The van der Waals surface area contributed by atoms with Gasteiger partial charge in [-0.1, -0.05) is 29.8 Å². The number of fused-ring (bicyclic) bond motifs is 4. The van der Waals surface area contributed by atoms with Crippen molar-refractivity contribution in [3.8, 4) is 11.5 Å². The highest BCUT2D eigenvalue weighted by molar-refractivity contribution is 9.10. The molecule has 6 heteroatoms. The van der Waals surface area contributed by atoms with Gasteiger partial charge in [-0.25, -0.2) is 4.79 Å². The molecule has 0 saturated heterocycles. The molecule has 0 bridgehead atoms. The lowest BCUT2D eigenvalue weighted by Crippen LogP contribution is -2.46. The second-order valence-electron chi connectivity index (χ2n) is 7.53. The summed E-state index contributed by atoms with van der Waals surface area (Å²) < 4.78 is 17.5. The van der Waals surface area contributed by atoms with Gasteiger partial charge in [-0.05, 0) is 29.8 Å². The molecule has 0 saturated carbocycles. The van der Waals surface area contributed by atoms with Crippen molar-refractivity contribution in [2.45, 2.75) is 25.3 Å². The first-order chi connectivity index (χ1) is 12.9. The smallest absolute Gasteiger partial charge is 0.341 e.